The van der Waals surface area contributed by atoms with E-state index in [0.29, 0.717) is 18.4 Å². The number of piperidine rings is 1. The number of aromatic nitrogens is 4. The van der Waals surface area contributed by atoms with Crippen molar-refractivity contribution < 1.29 is 8.78 Å². The fourth-order valence-electron chi connectivity index (χ4n) is 3.22. The van der Waals surface area contributed by atoms with E-state index in [9.17, 15) is 13.6 Å². The largest absolute Gasteiger partial charge is 0.347 e. The summed E-state index contributed by atoms with van der Waals surface area (Å²) < 4.78 is 26.6. The van der Waals surface area contributed by atoms with Gasteiger partial charge in [0, 0.05) is 51.2 Å². The van der Waals surface area contributed by atoms with Crippen molar-refractivity contribution in [3.05, 3.63) is 46.4 Å². The average Bonchev–Trinajstić information content (AvgIpc) is 2.65. The maximum Gasteiger partial charge on any atom is 0.280 e. The molecule has 0 aliphatic carbocycles. The molecule has 7 nitrogen and oxygen atoms in total. The highest BCUT2D eigenvalue weighted by atomic mass is 19.3. The van der Waals surface area contributed by atoms with E-state index in [1.165, 1.54) is 10.9 Å². The maximum atomic E-state index is 12.6. The van der Waals surface area contributed by atoms with Crippen LogP contribution in [0.25, 0.3) is 0 Å². The molecular formula is C18H24F2N6O. The zero-order valence-corrected chi connectivity index (χ0v) is 15.6. The summed E-state index contributed by atoms with van der Waals surface area (Å²) in [7, 11) is 3.81. The van der Waals surface area contributed by atoms with Gasteiger partial charge in [-0.05, 0) is 31.8 Å². The van der Waals surface area contributed by atoms with E-state index in [1.807, 2.05) is 31.4 Å². The molecule has 0 bridgehead atoms. The fourth-order valence-corrected chi connectivity index (χ4v) is 3.22. The van der Waals surface area contributed by atoms with Gasteiger partial charge >= 0.3 is 0 Å². The van der Waals surface area contributed by atoms with Crippen LogP contribution >= 0.6 is 0 Å². The molecule has 27 heavy (non-hydrogen) atoms. The third-order valence-corrected chi connectivity index (χ3v) is 4.78. The van der Waals surface area contributed by atoms with Crippen LogP contribution in [0.1, 0.15) is 30.5 Å². The molecule has 3 heterocycles. The van der Waals surface area contributed by atoms with Gasteiger partial charge in [-0.1, -0.05) is 0 Å². The van der Waals surface area contributed by atoms with Crippen molar-refractivity contribution in [1.29, 1.82) is 0 Å². The van der Waals surface area contributed by atoms with E-state index in [0.717, 1.165) is 44.1 Å². The Labute approximate surface area is 156 Å². The van der Waals surface area contributed by atoms with E-state index in [-0.39, 0.29) is 0 Å². The summed E-state index contributed by atoms with van der Waals surface area (Å²) in [6, 6.07) is 0.928. The van der Waals surface area contributed by atoms with Gasteiger partial charge in [-0.25, -0.2) is 23.7 Å². The van der Waals surface area contributed by atoms with Crippen LogP contribution in [0.4, 0.5) is 14.7 Å². The molecule has 0 unspecified atom stereocenters. The van der Waals surface area contributed by atoms with E-state index in [2.05, 4.69) is 19.9 Å². The molecule has 146 valence electrons. The van der Waals surface area contributed by atoms with Crippen LogP contribution in [0.15, 0.2) is 29.6 Å². The molecule has 3 rings (SSSR count). The van der Waals surface area contributed by atoms with Gasteiger partial charge in [0.2, 0.25) is 5.95 Å². The van der Waals surface area contributed by atoms with E-state index >= 15 is 0 Å². The number of alkyl halides is 2. The smallest absolute Gasteiger partial charge is 0.280 e. The molecule has 9 heteroatoms. The molecule has 1 saturated heterocycles. The van der Waals surface area contributed by atoms with Crippen LogP contribution in [0.3, 0.4) is 0 Å². The lowest BCUT2D eigenvalue weighted by Gasteiger charge is -2.32. The molecule has 0 spiro atoms. The van der Waals surface area contributed by atoms with Gasteiger partial charge in [-0.3, -0.25) is 14.3 Å². The van der Waals surface area contributed by atoms with E-state index in [1.54, 1.807) is 0 Å². The van der Waals surface area contributed by atoms with Crippen molar-refractivity contribution in [2.24, 2.45) is 5.92 Å². The van der Waals surface area contributed by atoms with Gasteiger partial charge in [0.25, 0.3) is 12.0 Å². The molecule has 0 radical (unpaired) electrons. The number of rotatable bonds is 6. The van der Waals surface area contributed by atoms with Crippen molar-refractivity contribution in [1.82, 2.24) is 24.4 Å². The molecule has 0 amide bonds. The molecule has 1 fully saturated rings. The number of halogens is 2. The molecule has 0 aromatic carbocycles. The van der Waals surface area contributed by atoms with Crippen molar-refractivity contribution in [2.75, 3.05) is 32.1 Å². The zero-order chi connectivity index (χ0) is 19.4. The highest BCUT2D eigenvalue weighted by Gasteiger charge is 2.21. The summed E-state index contributed by atoms with van der Waals surface area (Å²) in [4.78, 5) is 28.5. The lowest BCUT2D eigenvalue weighted by molar-refractivity contribution is 0.144. The van der Waals surface area contributed by atoms with Gasteiger partial charge in [-0.15, -0.1) is 0 Å². The Balaban J connectivity index is 1.51. The first-order chi connectivity index (χ1) is 12.9. The molecule has 2 aromatic heterocycles. The summed E-state index contributed by atoms with van der Waals surface area (Å²) in [5.41, 5.74) is 0.191. The normalized spacial score (nSPS) is 16.0. The van der Waals surface area contributed by atoms with Crippen molar-refractivity contribution in [3.8, 4) is 0 Å². The Morgan fingerprint density at radius 3 is 2.41 bits per heavy atom. The summed E-state index contributed by atoms with van der Waals surface area (Å²) in [5.74, 6) is 1.03. The molecule has 2 aromatic rings. The van der Waals surface area contributed by atoms with Crippen LogP contribution < -0.4 is 10.5 Å². The Hall–Kier alpha value is -2.42. The Morgan fingerprint density at radius 2 is 1.85 bits per heavy atom. The predicted octanol–water partition coefficient (Wildman–Crippen LogP) is 1.95. The van der Waals surface area contributed by atoms with Crippen LogP contribution in [-0.2, 0) is 13.1 Å². The minimum Gasteiger partial charge on any atom is -0.347 e. The summed E-state index contributed by atoms with van der Waals surface area (Å²) >= 11 is 0. The van der Waals surface area contributed by atoms with Gasteiger partial charge in [-0.2, -0.15) is 0 Å². The number of hydrogen-bond acceptors (Lipinski definition) is 6. The molecule has 0 saturated carbocycles. The zero-order valence-electron chi connectivity index (χ0n) is 15.6. The monoisotopic (exact) mass is 378 g/mol. The first kappa shape index (κ1) is 19.3. The summed E-state index contributed by atoms with van der Waals surface area (Å²) in [6.07, 6.45) is 4.11. The second kappa shape index (κ2) is 8.51. The van der Waals surface area contributed by atoms with Gasteiger partial charge in [0.15, 0.2) is 0 Å². The minimum absolute atomic E-state index is 0.338. The summed E-state index contributed by atoms with van der Waals surface area (Å²) in [6.45, 7) is 3.14. The maximum absolute atomic E-state index is 12.6. The Bertz CT molecular complexity index is 800. The van der Waals surface area contributed by atoms with Crippen molar-refractivity contribution >= 4 is 5.95 Å². The molecule has 0 atom stereocenters. The van der Waals surface area contributed by atoms with Crippen LogP contribution in [-0.4, -0.2) is 51.6 Å². The van der Waals surface area contributed by atoms with Crippen molar-refractivity contribution in [2.45, 2.75) is 32.4 Å². The minimum atomic E-state index is -2.72. The number of likely N-dealkylation sites (tertiary alicyclic amines) is 1. The third-order valence-electron chi connectivity index (χ3n) is 4.78. The molecule has 0 N–H and O–H groups in total. The number of anilines is 1. The molecule has 1 aliphatic heterocycles. The van der Waals surface area contributed by atoms with Crippen LogP contribution in [0.5, 0.6) is 0 Å². The van der Waals surface area contributed by atoms with E-state index in [4.69, 9.17) is 0 Å². The van der Waals surface area contributed by atoms with Gasteiger partial charge < -0.3 is 4.90 Å². The third kappa shape index (κ3) is 5.06. The second-order valence-electron chi connectivity index (χ2n) is 7.11. The molecular weight excluding hydrogens is 354 g/mol. The summed E-state index contributed by atoms with van der Waals surface area (Å²) in [5, 5.41) is 0. The number of nitrogens with zero attached hydrogens (tertiary/aromatic N) is 6. The van der Waals surface area contributed by atoms with Gasteiger partial charge in [0.05, 0.1) is 6.33 Å². The van der Waals surface area contributed by atoms with Crippen LogP contribution in [0.2, 0.25) is 0 Å². The number of hydrogen-bond donors (Lipinski definition) is 0. The molecule has 1 aliphatic rings. The van der Waals surface area contributed by atoms with E-state index < -0.39 is 17.7 Å². The highest BCUT2D eigenvalue weighted by Crippen LogP contribution is 2.20. The SMILES string of the molecule is CN(C)c1ncc(CN2CCC(Cn3cnc(C(F)F)cc3=O)CC2)cn1. The lowest BCUT2D eigenvalue weighted by atomic mass is 9.96. The fraction of sp³-hybridized carbons (Fsp3) is 0.556. The van der Waals surface area contributed by atoms with Crippen molar-refractivity contribution in [3.63, 3.8) is 0 Å². The Morgan fingerprint density at radius 1 is 1.19 bits per heavy atom. The quantitative estimate of drug-likeness (QED) is 0.765. The highest BCUT2D eigenvalue weighted by molar-refractivity contribution is 5.26. The first-order valence-corrected chi connectivity index (χ1v) is 8.97. The van der Waals surface area contributed by atoms with Crippen LogP contribution in [0, 0.1) is 5.92 Å². The predicted molar refractivity (Wildman–Crippen MR) is 97.8 cm³/mol. The topological polar surface area (TPSA) is 67.2 Å². The first-order valence-electron chi connectivity index (χ1n) is 8.97. The van der Waals surface area contributed by atoms with Gasteiger partial charge in [0.1, 0.15) is 5.69 Å². The Kier molecular flexibility index (Phi) is 6.10. The standard InChI is InChI=1S/C18H24F2N6O/c1-24(2)18-21-8-14(9-22-18)10-25-5-3-13(4-6-25)11-26-12-23-15(17(19)20)7-16(26)27/h7-9,12-13,17H,3-6,10-11H2,1-2H3. The average molecular weight is 378 g/mol. The second-order valence-corrected chi connectivity index (χ2v) is 7.11. The lowest BCUT2D eigenvalue weighted by Crippen LogP contribution is -2.36.